The van der Waals surface area contributed by atoms with Gasteiger partial charge in [0.1, 0.15) is 0 Å². The van der Waals surface area contributed by atoms with Crippen molar-refractivity contribution in [1.82, 2.24) is 25.5 Å². The van der Waals surface area contributed by atoms with E-state index in [4.69, 9.17) is 11.6 Å². The molecule has 2 aromatic rings. The third-order valence-electron chi connectivity index (χ3n) is 2.63. The van der Waals surface area contributed by atoms with Gasteiger partial charge in [-0.2, -0.15) is 0 Å². The summed E-state index contributed by atoms with van der Waals surface area (Å²) in [7, 11) is 1.88. The van der Waals surface area contributed by atoms with E-state index in [0.29, 0.717) is 6.54 Å². The highest BCUT2D eigenvalue weighted by Gasteiger charge is 2.12. The summed E-state index contributed by atoms with van der Waals surface area (Å²) in [5.41, 5.74) is 1.12. The van der Waals surface area contributed by atoms with Crippen molar-refractivity contribution in [3.05, 3.63) is 40.7 Å². The Hall–Kier alpha value is -1.46. The average Bonchev–Trinajstić information content (AvgIpc) is 2.79. The van der Waals surface area contributed by atoms with Crippen molar-refractivity contribution in [3.63, 3.8) is 0 Å². The molecule has 90 valence electrons. The Kier molecular flexibility index (Phi) is 3.71. The molecule has 0 bridgehead atoms. The van der Waals surface area contributed by atoms with Crippen molar-refractivity contribution in [2.75, 3.05) is 7.05 Å². The lowest BCUT2D eigenvalue weighted by Crippen LogP contribution is -2.19. The number of hydrogen-bond acceptors (Lipinski definition) is 4. The molecule has 1 unspecified atom stereocenters. The molecule has 17 heavy (non-hydrogen) atoms. The fourth-order valence-electron chi connectivity index (χ4n) is 1.53. The first kappa shape index (κ1) is 12.0. The molecule has 0 radical (unpaired) electrons. The van der Waals surface area contributed by atoms with E-state index >= 15 is 0 Å². The van der Waals surface area contributed by atoms with Crippen LogP contribution in [0.25, 0.3) is 0 Å². The second kappa shape index (κ2) is 5.25. The summed E-state index contributed by atoms with van der Waals surface area (Å²) in [6.45, 7) is 2.66. The third-order valence-corrected chi connectivity index (χ3v) is 2.88. The van der Waals surface area contributed by atoms with E-state index in [0.717, 1.165) is 16.4 Å². The van der Waals surface area contributed by atoms with Crippen LogP contribution in [0.15, 0.2) is 24.3 Å². The summed E-state index contributed by atoms with van der Waals surface area (Å²) in [5.74, 6) is 0.822. The second-order valence-electron chi connectivity index (χ2n) is 3.83. The Morgan fingerprint density at radius 2 is 2.06 bits per heavy atom. The van der Waals surface area contributed by atoms with Gasteiger partial charge in [0.2, 0.25) is 0 Å². The van der Waals surface area contributed by atoms with Gasteiger partial charge >= 0.3 is 0 Å². The summed E-state index contributed by atoms with van der Waals surface area (Å²) in [5, 5.41) is 15.6. The maximum absolute atomic E-state index is 5.84. The number of benzene rings is 1. The largest absolute Gasteiger partial charge is 0.311 e. The molecular weight excluding hydrogens is 238 g/mol. The molecule has 1 heterocycles. The van der Waals surface area contributed by atoms with Crippen molar-refractivity contribution in [2.45, 2.75) is 19.5 Å². The lowest BCUT2D eigenvalue weighted by atomic mass is 10.2. The van der Waals surface area contributed by atoms with Crippen LogP contribution in [0.5, 0.6) is 0 Å². The Morgan fingerprint density at radius 3 is 2.71 bits per heavy atom. The molecule has 0 fully saturated rings. The molecule has 2 rings (SSSR count). The maximum atomic E-state index is 5.84. The summed E-state index contributed by atoms with van der Waals surface area (Å²) >= 11 is 5.84. The fraction of sp³-hybridized carbons (Fsp3) is 0.364. The predicted octanol–water partition coefficient (Wildman–Crippen LogP) is 1.66. The van der Waals surface area contributed by atoms with Gasteiger partial charge < -0.3 is 5.32 Å². The number of rotatable bonds is 4. The summed E-state index contributed by atoms with van der Waals surface area (Å²) < 4.78 is 1.78. The molecule has 0 saturated heterocycles. The van der Waals surface area contributed by atoms with Crippen LogP contribution in [0.1, 0.15) is 24.4 Å². The van der Waals surface area contributed by atoms with Gasteiger partial charge in [-0.25, -0.2) is 4.68 Å². The monoisotopic (exact) mass is 251 g/mol. The molecule has 5 nitrogen and oxygen atoms in total. The number of tetrazole rings is 1. The van der Waals surface area contributed by atoms with Crippen LogP contribution in [0, 0.1) is 0 Å². The van der Waals surface area contributed by atoms with Gasteiger partial charge in [-0.3, -0.25) is 0 Å². The number of hydrogen-bond donors (Lipinski definition) is 1. The van der Waals surface area contributed by atoms with Crippen LogP contribution in [0.3, 0.4) is 0 Å². The Morgan fingerprint density at radius 1 is 1.35 bits per heavy atom. The number of nitrogens with zero attached hydrogens (tertiary/aromatic N) is 4. The minimum absolute atomic E-state index is 0.123. The first-order chi connectivity index (χ1) is 8.20. The highest BCUT2D eigenvalue weighted by Crippen LogP contribution is 2.12. The Balaban J connectivity index is 2.18. The van der Waals surface area contributed by atoms with E-state index in [1.165, 1.54) is 0 Å². The molecule has 0 aliphatic heterocycles. The molecule has 0 saturated carbocycles. The Bertz CT molecular complexity index is 479. The predicted molar refractivity (Wildman–Crippen MR) is 65.8 cm³/mol. The average molecular weight is 252 g/mol. The van der Waals surface area contributed by atoms with Crippen molar-refractivity contribution < 1.29 is 0 Å². The molecule has 1 N–H and O–H groups in total. The van der Waals surface area contributed by atoms with Crippen molar-refractivity contribution in [3.8, 4) is 0 Å². The Labute approximate surface area is 105 Å². The van der Waals surface area contributed by atoms with Crippen molar-refractivity contribution >= 4 is 11.6 Å². The van der Waals surface area contributed by atoms with Crippen LogP contribution in [-0.4, -0.2) is 27.3 Å². The standard InChI is InChI=1S/C11H14ClN5/c1-8(13-2)11-14-15-16-17(11)7-9-3-5-10(12)6-4-9/h3-6,8,13H,7H2,1-2H3. The molecule has 1 aromatic carbocycles. The topological polar surface area (TPSA) is 55.6 Å². The zero-order chi connectivity index (χ0) is 12.3. The highest BCUT2D eigenvalue weighted by molar-refractivity contribution is 6.30. The number of halogens is 1. The lowest BCUT2D eigenvalue weighted by Gasteiger charge is -2.10. The fourth-order valence-corrected chi connectivity index (χ4v) is 1.65. The van der Waals surface area contributed by atoms with Gasteiger partial charge in [-0.05, 0) is 42.1 Å². The van der Waals surface area contributed by atoms with Crippen molar-refractivity contribution in [2.24, 2.45) is 0 Å². The summed E-state index contributed by atoms with van der Waals surface area (Å²) in [4.78, 5) is 0. The summed E-state index contributed by atoms with van der Waals surface area (Å²) in [6.07, 6.45) is 0. The highest BCUT2D eigenvalue weighted by atomic mass is 35.5. The van der Waals surface area contributed by atoms with E-state index in [1.807, 2.05) is 38.2 Å². The minimum atomic E-state index is 0.123. The lowest BCUT2D eigenvalue weighted by molar-refractivity contribution is 0.540. The van der Waals surface area contributed by atoms with E-state index in [1.54, 1.807) is 4.68 Å². The molecule has 0 aliphatic carbocycles. The minimum Gasteiger partial charge on any atom is -0.311 e. The number of aromatic nitrogens is 4. The van der Waals surface area contributed by atoms with E-state index in [9.17, 15) is 0 Å². The third kappa shape index (κ3) is 2.81. The SMILES string of the molecule is CNC(C)c1nnnn1Cc1ccc(Cl)cc1. The van der Waals surface area contributed by atoms with Gasteiger partial charge in [0.05, 0.1) is 12.6 Å². The van der Waals surface area contributed by atoms with E-state index < -0.39 is 0 Å². The van der Waals surface area contributed by atoms with Crippen LogP contribution >= 0.6 is 11.6 Å². The zero-order valence-electron chi connectivity index (χ0n) is 9.76. The quantitative estimate of drug-likeness (QED) is 0.898. The first-order valence-electron chi connectivity index (χ1n) is 5.38. The van der Waals surface area contributed by atoms with Crippen LogP contribution in [-0.2, 0) is 6.54 Å². The van der Waals surface area contributed by atoms with Gasteiger partial charge in [0.25, 0.3) is 0 Å². The van der Waals surface area contributed by atoms with Crippen LogP contribution in [0.2, 0.25) is 5.02 Å². The molecule has 0 amide bonds. The van der Waals surface area contributed by atoms with Gasteiger partial charge in [0.15, 0.2) is 5.82 Å². The molecule has 0 aliphatic rings. The molecule has 6 heteroatoms. The van der Waals surface area contributed by atoms with Crippen LogP contribution in [0.4, 0.5) is 0 Å². The zero-order valence-corrected chi connectivity index (χ0v) is 10.5. The van der Waals surface area contributed by atoms with Crippen LogP contribution < -0.4 is 5.32 Å². The second-order valence-corrected chi connectivity index (χ2v) is 4.27. The van der Waals surface area contributed by atoms with Gasteiger partial charge in [0, 0.05) is 5.02 Å². The van der Waals surface area contributed by atoms with E-state index in [-0.39, 0.29) is 6.04 Å². The smallest absolute Gasteiger partial charge is 0.168 e. The summed E-state index contributed by atoms with van der Waals surface area (Å²) in [6, 6.07) is 7.79. The molecular formula is C11H14ClN5. The van der Waals surface area contributed by atoms with Crippen molar-refractivity contribution in [1.29, 1.82) is 0 Å². The molecule has 1 atom stereocenters. The van der Waals surface area contributed by atoms with Gasteiger partial charge in [-0.15, -0.1) is 5.10 Å². The number of nitrogens with one attached hydrogen (secondary N) is 1. The van der Waals surface area contributed by atoms with E-state index in [2.05, 4.69) is 20.8 Å². The molecule has 0 spiro atoms. The normalized spacial score (nSPS) is 12.6. The first-order valence-corrected chi connectivity index (χ1v) is 5.76. The molecule has 1 aromatic heterocycles. The maximum Gasteiger partial charge on any atom is 0.168 e. The van der Waals surface area contributed by atoms with Gasteiger partial charge in [-0.1, -0.05) is 23.7 Å².